The monoisotopic (exact) mass is 259 g/mol. The number of hydrogen-bond donors (Lipinski definition) is 1. The highest BCUT2D eigenvalue weighted by molar-refractivity contribution is 5.27. The summed E-state index contributed by atoms with van der Waals surface area (Å²) < 4.78 is 7.49. The van der Waals surface area contributed by atoms with Crippen molar-refractivity contribution < 1.29 is 4.74 Å². The van der Waals surface area contributed by atoms with Crippen molar-refractivity contribution in [2.45, 2.75) is 25.8 Å². The molecule has 0 aliphatic rings. The van der Waals surface area contributed by atoms with Crippen LogP contribution < -0.4 is 10.5 Å². The van der Waals surface area contributed by atoms with E-state index in [9.17, 15) is 0 Å². The summed E-state index contributed by atoms with van der Waals surface area (Å²) in [5, 5.41) is 4.32. The smallest absolute Gasteiger partial charge is 0.119 e. The van der Waals surface area contributed by atoms with Gasteiger partial charge < -0.3 is 10.5 Å². The largest absolute Gasteiger partial charge is 0.494 e. The Bertz CT molecular complexity index is 522. The van der Waals surface area contributed by atoms with Gasteiger partial charge in [-0.15, -0.1) is 0 Å². The fourth-order valence-corrected chi connectivity index (χ4v) is 1.98. The zero-order valence-corrected chi connectivity index (χ0v) is 11.5. The van der Waals surface area contributed by atoms with Gasteiger partial charge in [0.2, 0.25) is 0 Å². The maximum atomic E-state index is 6.08. The lowest BCUT2D eigenvalue weighted by atomic mass is 10.1. The van der Waals surface area contributed by atoms with Gasteiger partial charge in [-0.1, -0.05) is 12.1 Å². The van der Waals surface area contributed by atoms with Crippen LogP contribution >= 0.6 is 0 Å². The van der Waals surface area contributed by atoms with Crippen molar-refractivity contribution in [3.05, 3.63) is 47.8 Å². The first-order chi connectivity index (χ1) is 9.13. The molecule has 0 bridgehead atoms. The van der Waals surface area contributed by atoms with Gasteiger partial charge in [0.15, 0.2) is 0 Å². The Kier molecular flexibility index (Phi) is 4.58. The van der Waals surface area contributed by atoms with Gasteiger partial charge in [0, 0.05) is 25.7 Å². The van der Waals surface area contributed by atoms with Crippen LogP contribution in [-0.2, 0) is 13.5 Å². The zero-order chi connectivity index (χ0) is 13.7. The van der Waals surface area contributed by atoms with Crippen molar-refractivity contribution >= 4 is 0 Å². The van der Waals surface area contributed by atoms with Gasteiger partial charge in [0.25, 0.3) is 0 Å². The summed E-state index contributed by atoms with van der Waals surface area (Å²) in [6.45, 7) is 2.69. The second-order valence-electron chi connectivity index (χ2n) is 4.90. The van der Waals surface area contributed by atoms with E-state index in [1.54, 1.807) is 4.68 Å². The first kappa shape index (κ1) is 13.6. The SMILES string of the molecule is Cc1cccc(OCCC(N)Cc2ccn(C)n2)c1. The highest BCUT2D eigenvalue weighted by atomic mass is 16.5. The normalized spacial score (nSPS) is 12.4. The van der Waals surface area contributed by atoms with Crippen molar-refractivity contribution in [2.75, 3.05) is 6.61 Å². The van der Waals surface area contributed by atoms with Crippen LogP contribution in [0.4, 0.5) is 0 Å². The summed E-state index contributed by atoms with van der Waals surface area (Å²) in [5.74, 6) is 0.907. The second kappa shape index (κ2) is 6.38. The van der Waals surface area contributed by atoms with Crippen molar-refractivity contribution in [1.82, 2.24) is 9.78 Å². The van der Waals surface area contributed by atoms with Crippen LogP contribution in [0.25, 0.3) is 0 Å². The summed E-state index contributed by atoms with van der Waals surface area (Å²) in [7, 11) is 1.91. The third kappa shape index (κ3) is 4.41. The number of benzene rings is 1. The van der Waals surface area contributed by atoms with E-state index >= 15 is 0 Å². The number of aryl methyl sites for hydroxylation is 2. The topological polar surface area (TPSA) is 53.1 Å². The van der Waals surface area contributed by atoms with Crippen LogP contribution in [0.1, 0.15) is 17.7 Å². The first-order valence-corrected chi connectivity index (χ1v) is 6.57. The maximum absolute atomic E-state index is 6.08. The molecule has 0 radical (unpaired) electrons. The molecular formula is C15H21N3O. The Morgan fingerprint density at radius 2 is 2.21 bits per heavy atom. The van der Waals surface area contributed by atoms with Gasteiger partial charge >= 0.3 is 0 Å². The van der Waals surface area contributed by atoms with Crippen LogP contribution in [0.15, 0.2) is 36.5 Å². The molecule has 2 N–H and O–H groups in total. The van der Waals surface area contributed by atoms with Gasteiger partial charge in [-0.3, -0.25) is 4.68 Å². The average Bonchev–Trinajstić information content (AvgIpc) is 2.75. The van der Waals surface area contributed by atoms with Gasteiger partial charge in [-0.05, 0) is 37.1 Å². The minimum Gasteiger partial charge on any atom is -0.494 e. The third-order valence-electron chi connectivity index (χ3n) is 2.99. The molecule has 1 heterocycles. The summed E-state index contributed by atoms with van der Waals surface area (Å²) in [6.07, 6.45) is 3.55. The number of aromatic nitrogens is 2. The van der Waals surface area contributed by atoms with E-state index in [0.717, 1.165) is 24.3 Å². The summed E-state index contributed by atoms with van der Waals surface area (Å²) in [4.78, 5) is 0. The number of ether oxygens (including phenoxy) is 1. The van der Waals surface area contributed by atoms with Crippen LogP contribution in [0.2, 0.25) is 0 Å². The molecule has 0 fully saturated rings. The molecule has 102 valence electrons. The second-order valence-corrected chi connectivity index (χ2v) is 4.90. The average molecular weight is 259 g/mol. The molecule has 2 rings (SSSR count). The van der Waals surface area contributed by atoms with E-state index in [4.69, 9.17) is 10.5 Å². The Labute approximate surface area is 114 Å². The van der Waals surface area contributed by atoms with Crippen LogP contribution in [0.3, 0.4) is 0 Å². The van der Waals surface area contributed by atoms with Gasteiger partial charge in [-0.25, -0.2) is 0 Å². The minimum atomic E-state index is 0.0831. The van der Waals surface area contributed by atoms with E-state index in [0.29, 0.717) is 6.61 Å². The van der Waals surface area contributed by atoms with E-state index in [-0.39, 0.29) is 6.04 Å². The molecule has 1 unspecified atom stereocenters. The molecule has 0 aliphatic heterocycles. The van der Waals surface area contributed by atoms with Crippen molar-refractivity contribution in [1.29, 1.82) is 0 Å². The quantitative estimate of drug-likeness (QED) is 0.864. The highest BCUT2D eigenvalue weighted by Crippen LogP contribution is 2.13. The summed E-state index contributed by atoms with van der Waals surface area (Å²) in [6, 6.07) is 10.1. The lowest BCUT2D eigenvalue weighted by molar-refractivity contribution is 0.296. The van der Waals surface area contributed by atoms with E-state index < -0.39 is 0 Å². The number of hydrogen-bond acceptors (Lipinski definition) is 3. The molecule has 1 aromatic carbocycles. The van der Waals surface area contributed by atoms with Crippen LogP contribution in [-0.4, -0.2) is 22.4 Å². The molecular weight excluding hydrogens is 238 g/mol. The van der Waals surface area contributed by atoms with E-state index in [1.807, 2.05) is 37.5 Å². The lowest BCUT2D eigenvalue weighted by Crippen LogP contribution is -2.25. The van der Waals surface area contributed by atoms with E-state index in [1.165, 1.54) is 5.56 Å². The molecule has 0 saturated heterocycles. The first-order valence-electron chi connectivity index (χ1n) is 6.57. The standard InChI is InChI=1S/C15H21N3O/c1-12-4-3-5-15(10-12)19-9-7-13(16)11-14-6-8-18(2)17-14/h3-6,8,10,13H,7,9,11,16H2,1-2H3. The number of rotatable bonds is 6. The minimum absolute atomic E-state index is 0.0831. The van der Waals surface area contributed by atoms with Crippen molar-refractivity contribution in [2.24, 2.45) is 12.8 Å². The Morgan fingerprint density at radius 1 is 1.37 bits per heavy atom. The molecule has 0 saturated carbocycles. The van der Waals surface area contributed by atoms with Crippen LogP contribution in [0, 0.1) is 6.92 Å². The molecule has 2 aromatic rings. The molecule has 0 aliphatic carbocycles. The fraction of sp³-hybridized carbons (Fsp3) is 0.400. The number of nitrogens with zero attached hydrogens (tertiary/aromatic N) is 2. The Hall–Kier alpha value is -1.81. The van der Waals surface area contributed by atoms with Crippen molar-refractivity contribution in [3.8, 4) is 5.75 Å². The molecule has 4 heteroatoms. The van der Waals surface area contributed by atoms with Gasteiger partial charge in [0.05, 0.1) is 12.3 Å². The predicted octanol–water partition coefficient (Wildman–Crippen LogP) is 2.07. The van der Waals surface area contributed by atoms with Gasteiger partial charge in [0.1, 0.15) is 5.75 Å². The Morgan fingerprint density at radius 3 is 2.89 bits per heavy atom. The highest BCUT2D eigenvalue weighted by Gasteiger charge is 2.06. The fourth-order valence-electron chi connectivity index (χ4n) is 1.98. The third-order valence-corrected chi connectivity index (χ3v) is 2.99. The van der Waals surface area contributed by atoms with E-state index in [2.05, 4.69) is 18.1 Å². The molecule has 1 atom stereocenters. The zero-order valence-electron chi connectivity index (χ0n) is 11.5. The molecule has 1 aromatic heterocycles. The molecule has 0 spiro atoms. The van der Waals surface area contributed by atoms with Gasteiger partial charge in [-0.2, -0.15) is 5.10 Å². The lowest BCUT2D eigenvalue weighted by Gasteiger charge is -2.11. The summed E-state index contributed by atoms with van der Waals surface area (Å²) >= 11 is 0. The predicted molar refractivity (Wildman–Crippen MR) is 76.2 cm³/mol. The molecule has 19 heavy (non-hydrogen) atoms. The summed E-state index contributed by atoms with van der Waals surface area (Å²) in [5.41, 5.74) is 8.32. The Balaban J connectivity index is 1.73. The maximum Gasteiger partial charge on any atom is 0.119 e. The van der Waals surface area contributed by atoms with Crippen molar-refractivity contribution in [3.63, 3.8) is 0 Å². The molecule has 0 amide bonds. The molecule has 4 nitrogen and oxygen atoms in total. The number of nitrogens with two attached hydrogens (primary N) is 1. The van der Waals surface area contributed by atoms with Crippen LogP contribution in [0.5, 0.6) is 5.75 Å².